The third-order valence-electron chi connectivity index (χ3n) is 10.6. The van der Waals surface area contributed by atoms with Gasteiger partial charge in [-0.2, -0.15) is 18.2 Å². The van der Waals surface area contributed by atoms with E-state index in [2.05, 4.69) is 56.9 Å². The van der Waals surface area contributed by atoms with Crippen LogP contribution in [0, 0.1) is 6.07 Å². The molecule has 3 aromatic rings. The molecule has 0 saturated heterocycles. The van der Waals surface area contributed by atoms with Gasteiger partial charge in [-0.05, 0) is 104 Å². The van der Waals surface area contributed by atoms with Crippen molar-refractivity contribution in [3.63, 3.8) is 0 Å². The number of rotatable bonds is 19. The first-order chi connectivity index (χ1) is 28.5. The summed E-state index contributed by atoms with van der Waals surface area (Å²) in [6.45, 7) is 9.38. The molecule has 0 saturated carbocycles. The van der Waals surface area contributed by atoms with Crippen molar-refractivity contribution in [1.82, 2.24) is 0 Å². The molecular weight excluding hydrogens is 912 g/mol. The van der Waals surface area contributed by atoms with Crippen molar-refractivity contribution in [1.29, 1.82) is 0 Å². The molecule has 0 spiro atoms. The van der Waals surface area contributed by atoms with Crippen molar-refractivity contribution in [3.05, 3.63) is 118 Å². The van der Waals surface area contributed by atoms with E-state index in [0.717, 1.165) is 57.8 Å². The maximum atomic E-state index is 11.3. The minimum atomic E-state index is -4.32. The van der Waals surface area contributed by atoms with Crippen molar-refractivity contribution in [2.75, 3.05) is 23.0 Å². The molecule has 14 nitrogen and oxygen atoms in total. The standard InChI is InChI=1S/C43H52ClN3O8S2.2Na.O3S/c1-42(2)36-29-34(44)30-46(24-9-11-26-56(50,51)52)41(36)45-38(42)22-20-32(33-16-13-15-31(28-33)14-5-8-19-40(48)49)21-23-39-43(3,4)35-17-6-7-18-37(35)47(39)25-10-12-27-57(53,54)55;;;1-4(2)3/h7,13,15-18,20-23,28-30H,5,8-12,14,19,24-27H2,1-4H3,(H,48,49)(H,50,51,52)(H,53,54,55);;;/q;2*+1;/p-2. The number of aryl methyl sites for hydroxylation is 2. The number of pyridine rings is 1. The Morgan fingerprint density at radius 1 is 0.921 bits per heavy atom. The molecule has 0 fully saturated rings. The third kappa shape index (κ3) is 17.0. The molecule has 0 radical (unpaired) electrons. The van der Waals surface area contributed by atoms with Crippen LogP contribution in [0.5, 0.6) is 0 Å². The number of carbonyl (C=O) groups is 1. The van der Waals surface area contributed by atoms with Gasteiger partial charge in [0.1, 0.15) is 6.20 Å². The number of aliphatic imine (C=N–C) groups is 1. The molecule has 5 rings (SSSR count). The second-order valence-corrected chi connectivity index (χ2v) is 19.8. The second-order valence-electron chi connectivity index (χ2n) is 15.9. The van der Waals surface area contributed by atoms with Crippen LogP contribution in [0.2, 0.25) is 5.02 Å². The average Bonchev–Trinajstić information content (AvgIpc) is 3.53. The number of halogens is 1. The van der Waals surface area contributed by atoms with Gasteiger partial charge in [-0.15, -0.1) is 24.3 Å². The molecule has 0 aliphatic carbocycles. The Morgan fingerprint density at radius 3 is 2.21 bits per heavy atom. The van der Waals surface area contributed by atoms with Gasteiger partial charge in [0.05, 0.1) is 42.8 Å². The van der Waals surface area contributed by atoms with Gasteiger partial charge in [0.25, 0.3) is 0 Å². The molecule has 63 heavy (non-hydrogen) atoms. The SMILES string of the molecule is CC1(C)C(=CC=C(C=CC2=Nc3c(cc(Cl)c[n+]3CCCCS(=O)(=O)[O-])C2(C)C)c2cccc(CCCCC(=O)O)c2)N(CCCCS(=O)(=O)[O-])c2cc[c-]cc21.O=S(=O)=O.[Na+].[Na+]. The Labute approximate surface area is 421 Å². The first-order valence-corrected chi connectivity index (χ1v) is 24.2. The van der Waals surface area contributed by atoms with E-state index in [-0.39, 0.29) is 78.4 Å². The van der Waals surface area contributed by atoms with Crippen LogP contribution in [0.4, 0.5) is 11.5 Å². The topological polar surface area (TPSA) is 222 Å². The van der Waals surface area contributed by atoms with Gasteiger partial charge < -0.3 is 19.1 Å². The normalized spacial score (nSPS) is 15.7. The molecule has 20 heteroatoms. The van der Waals surface area contributed by atoms with E-state index in [1.54, 1.807) is 6.20 Å². The number of aromatic nitrogens is 1. The maximum absolute atomic E-state index is 11.3. The van der Waals surface area contributed by atoms with Crippen molar-refractivity contribution in [2.45, 2.75) is 96.4 Å². The Morgan fingerprint density at radius 2 is 1.57 bits per heavy atom. The van der Waals surface area contributed by atoms with Crippen molar-refractivity contribution < 1.29 is 112 Å². The summed E-state index contributed by atoms with van der Waals surface area (Å²) in [7, 11) is -11.7. The fourth-order valence-corrected chi connectivity index (χ4v) is 8.85. The number of benzene rings is 2. The number of nitrogens with zero attached hydrogens (tertiary/aromatic N) is 3. The number of anilines is 1. The zero-order valence-electron chi connectivity index (χ0n) is 36.5. The molecule has 0 atom stereocenters. The zero-order valence-corrected chi connectivity index (χ0v) is 43.7. The first kappa shape index (κ1) is 56.6. The van der Waals surface area contributed by atoms with Crippen LogP contribution in [0.25, 0.3) is 5.57 Å². The van der Waals surface area contributed by atoms with Gasteiger partial charge in [0.2, 0.25) is 0 Å². The van der Waals surface area contributed by atoms with Crippen LogP contribution >= 0.6 is 11.6 Å². The van der Waals surface area contributed by atoms with Crippen molar-refractivity contribution >= 4 is 71.2 Å². The number of fused-ring (bicyclic) bond motifs is 2. The third-order valence-corrected chi connectivity index (χ3v) is 12.4. The van der Waals surface area contributed by atoms with E-state index >= 15 is 0 Å². The summed E-state index contributed by atoms with van der Waals surface area (Å²) in [6.07, 6.45) is 13.6. The van der Waals surface area contributed by atoms with Crippen molar-refractivity contribution in [2.24, 2.45) is 4.99 Å². The monoisotopic (exact) mass is 961 g/mol. The van der Waals surface area contributed by atoms with Gasteiger partial charge in [0.15, 0.2) is 5.71 Å². The van der Waals surface area contributed by atoms with E-state index in [1.807, 2.05) is 59.2 Å². The van der Waals surface area contributed by atoms with E-state index < -0.39 is 59.1 Å². The molecule has 330 valence electrons. The van der Waals surface area contributed by atoms with Crippen LogP contribution in [-0.2, 0) is 59.4 Å². The quantitative estimate of drug-likeness (QED) is 0.0435. The molecule has 1 N–H and O–H groups in total. The van der Waals surface area contributed by atoms with E-state index in [0.29, 0.717) is 43.2 Å². The maximum Gasteiger partial charge on any atom is 1.00 e. The number of hydrogen-bond acceptors (Lipinski definition) is 12. The fraction of sp³-hybridized carbons (Fsp3) is 0.419. The van der Waals surface area contributed by atoms with Gasteiger partial charge >= 0.3 is 81.5 Å². The van der Waals surface area contributed by atoms with Crippen LogP contribution in [0.3, 0.4) is 0 Å². The van der Waals surface area contributed by atoms with Gasteiger partial charge in [-0.25, -0.2) is 21.4 Å². The zero-order chi connectivity index (χ0) is 45.2. The minimum Gasteiger partial charge on any atom is -0.748 e. The number of allylic oxidation sites excluding steroid dienone is 6. The van der Waals surface area contributed by atoms with Gasteiger partial charge in [-0.3, -0.25) is 4.79 Å². The first-order valence-electron chi connectivity index (χ1n) is 19.7. The van der Waals surface area contributed by atoms with Crippen LogP contribution in [-0.4, -0.2) is 73.4 Å². The Kier molecular flexibility index (Phi) is 22.3. The summed E-state index contributed by atoms with van der Waals surface area (Å²) in [4.78, 5) is 18.4. The number of carboxylic acids is 1. The molecule has 2 aliphatic rings. The largest absolute Gasteiger partial charge is 1.00 e. The molecule has 3 heterocycles. The molecule has 2 aliphatic heterocycles. The second kappa shape index (κ2) is 24.8. The summed E-state index contributed by atoms with van der Waals surface area (Å²) in [5, 5.41) is 9.64. The number of aliphatic carboxylic acids is 1. The Balaban J connectivity index is 0.00000218. The van der Waals surface area contributed by atoms with E-state index in [1.165, 1.54) is 0 Å². The predicted molar refractivity (Wildman–Crippen MR) is 232 cm³/mol. The summed E-state index contributed by atoms with van der Waals surface area (Å²) >= 11 is 6.58. The molecule has 0 amide bonds. The van der Waals surface area contributed by atoms with Crippen LogP contribution in [0.1, 0.15) is 94.9 Å². The molecular formula is C43H50ClN3Na2O11S3. The number of unbranched alkanes of at least 4 members (excludes halogenated alkanes) is 3. The number of carboxylic acid groups (broad SMARTS) is 1. The van der Waals surface area contributed by atoms with Crippen LogP contribution in [0.15, 0.2) is 89.7 Å². The smallest absolute Gasteiger partial charge is 0.748 e. The summed E-state index contributed by atoms with van der Waals surface area (Å²) in [5.41, 5.74) is 6.78. The number of hydrogen-bond donors (Lipinski definition) is 1. The molecule has 1 aromatic heterocycles. The summed E-state index contributed by atoms with van der Waals surface area (Å²) in [5.74, 6) is -0.942. The molecule has 2 aromatic carbocycles. The molecule has 0 bridgehead atoms. The van der Waals surface area contributed by atoms with Crippen LogP contribution < -0.4 is 68.6 Å². The summed E-state index contributed by atoms with van der Waals surface area (Å²) < 4.78 is 94.8. The average molecular weight is 963 g/mol. The van der Waals surface area contributed by atoms with Crippen molar-refractivity contribution in [3.8, 4) is 0 Å². The molecule has 0 unspecified atom stereocenters. The van der Waals surface area contributed by atoms with Gasteiger partial charge in [0, 0.05) is 30.2 Å². The van der Waals surface area contributed by atoms with E-state index in [4.69, 9.17) is 34.3 Å². The minimum absolute atomic E-state index is 0. The van der Waals surface area contributed by atoms with E-state index in [9.17, 15) is 30.7 Å². The predicted octanol–water partition coefficient (Wildman–Crippen LogP) is 0.565. The fourth-order valence-electron chi connectivity index (χ4n) is 7.51. The Bertz CT molecular complexity index is 2570. The Hall–Kier alpha value is -2.52. The summed E-state index contributed by atoms with van der Waals surface area (Å²) in [6, 6.07) is 19.1. The van der Waals surface area contributed by atoms with Gasteiger partial charge in [-0.1, -0.05) is 67.6 Å².